The van der Waals surface area contributed by atoms with E-state index >= 15 is 0 Å². The Morgan fingerprint density at radius 3 is 2.76 bits per heavy atom. The van der Waals surface area contributed by atoms with Crippen LogP contribution in [0.25, 0.3) is 0 Å². The third kappa shape index (κ3) is 1.28. The summed E-state index contributed by atoms with van der Waals surface area (Å²) in [6.45, 7) is 8.57. The molecule has 1 saturated heterocycles. The molecule has 0 aromatic heterocycles. The van der Waals surface area contributed by atoms with E-state index in [9.17, 15) is 5.11 Å². The van der Waals surface area contributed by atoms with Crippen LogP contribution in [0.15, 0.2) is 22.8 Å². The van der Waals surface area contributed by atoms with Gasteiger partial charge in [0, 0.05) is 12.3 Å². The molecular weight excluding hydrogens is 212 g/mol. The molecule has 3 aliphatic rings. The Hall–Kier alpha value is -0.600. The van der Waals surface area contributed by atoms with Gasteiger partial charge in [-0.1, -0.05) is 18.1 Å². The lowest BCUT2D eigenvalue weighted by molar-refractivity contribution is -0.209. The van der Waals surface area contributed by atoms with E-state index in [0.29, 0.717) is 11.8 Å². The zero-order valence-corrected chi connectivity index (χ0v) is 11.2. The van der Waals surface area contributed by atoms with Crippen LogP contribution in [0.2, 0.25) is 0 Å². The Bertz CT molecular complexity index is 430. The Morgan fingerprint density at radius 2 is 2.12 bits per heavy atom. The van der Waals surface area contributed by atoms with E-state index in [1.807, 2.05) is 6.08 Å². The summed E-state index contributed by atoms with van der Waals surface area (Å²) >= 11 is 0. The number of fused-ring (bicyclic) bond motifs is 1. The van der Waals surface area contributed by atoms with Crippen molar-refractivity contribution < 1.29 is 9.84 Å². The summed E-state index contributed by atoms with van der Waals surface area (Å²) in [6.07, 6.45) is 5.27. The predicted octanol–water partition coefficient (Wildman–Crippen LogP) is 3.18. The van der Waals surface area contributed by atoms with E-state index < -0.39 is 5.79 Å². The molecule has 0 amide bonds. The highest BCUT2D eigenvalue weighted by Crippen LogP contribution is 2.60. The first-order valence-corrected chi connectivity index (χ1v) is 6.68. The number of rotatable bonds is 0. The summed E-state index contributed by atoms with van der Waals surface area (Å²) in [7, 11) is 0. The molecular formula is C15H22O2. The van der Waals surface area contributed by atoms with Gasteiger partial charge in [-0.05, 0) is 51.2 Å². The van der Waals surface area contributed by atoms with Crippen LogP contribution in [-0.2, 0) is 4.74 Å². The van der Waals surface area contributed by atoms with E-state index in [1.165, 1.54) is 24.0 Å². The lowest BCUT2D eigenvalue weighted by Crippen LogP contribution is -2.45. The lowest BCUT2D eigenvalue weighted by Gasteiger charge is -2.40. The van der Waals surface area contributed by atoms with Crippen molar-refractivity contribution in [2.24, 2.45) is 11.8 Å². The van der Waals surface area contributed by atoms with Crippen LogP contribution < -0.4 is 0 Å². The van der Waals surface area contributed by atoms with Crippen LogP contribution >= 0.6 is 0 Å². The standard InChI is InChI=1S/C15H22O2/c1-9(2)13-8-14-11(4)5-6-12(14)10(3)7-15(13,16)17-14/h7,11-12,16H,5-6,8H2,1-4H3/t11-,12+,14+,15+/m1/s1. The normalized spacial score (nSPS) is 48.1. The summed E-state index contributed by atoms with van der Waals surface area (Å²) < 4.78 is 6.17. The average Bonchev–Trinajstić information content (AvgIpc) is 2.65. The minimum atomic E-state index is -1.11. The number of hydrogen-bond donors (Lipinski definition) is 1. The summed E-state index contributed by atoms with van der Waals surface area (Å²) in [4.78, 5) is 0. The average molecular weight is 234 g/mol. The van der Waals surface area contributed by atoms with Gasteiger partial charge in [-0.2, -0.15) is 0 Å². The predicted molar refractivity (Wildman–Crippen MR) is 67.4 cm³/mol. The van der Waals surface area contributed by atoms with Gasteiger partial charge in [-0.25, -0.2) is 0 Å². The second kappa shape index (κ2) is 3.24. The van der Waals surface area contributed by atoms with E-state index in [1.54, 1.807) is 0 Å². The van der Waals surface area contributed by atoms with Crippen molar-refractivity contribution in [3.63, 3.8) is 0 Å². The fourth-order valence-electron chi connectivity index (χ4n) is 4.18. The van der Waals surface area contributed by atoms with E-state index in [4.69, 9.17) is 4.74 Å². The largest absolute Gasteiger partial charge is 0.359 e. The summed E-state index contributed by atoms with van der Waals surface area (Å²) in [5.41, 5.74) is 3.49. The molecule has 2 aliphatic heterocycles. The highest BCUT2D eigenvalue weighted by atomic mass is 16.6. The molecule has 1 aliphatic carbocycles. The summed E-state index contributed by atoms with van der Waals surface area (Å²) in [6, 6.07) is 0. The van der Waals surface area contributed by atoms with Crippen LogP contribution in [0.1, 0.15) is 47.0 Å². The first-order valence-electron chi connectivity index (χ1n) is 6.68. The maximum absolute atomic E-state index is 10.7. The molecule has 4 atom stereocenters. The Balaban J connectivity index is 2.18. The number of allylic oxidation sites excluding steroid dienone is 1. The van der Waals surface area contributed by atoms with Gasteiger partial charge in [0.1, 0.15) is 0 Å². The second-order valence-corrected chi connectivity index (χ2v) is 6.33. The van der Waals surface area contributed by atoms with Gasteiger partial charge >= 0.3 is 0 Å². The van der Waals surface area contributed by atoms with E-state index in [2.05, 4.69) is 27.7 Å². The van der Waals surface area contributed by atoms with Gasteiger partial charge in [0.2, 0.25) is 5.79 Å². The zero-order valence-electron chi connectivity index (χ0n) is 11.2. The number of hydrogen-bond acceptors (Lipinski definition) is 2. The molecule has 2 heteroatoms. The van der Waals surface area contributed by atoms with Crippen LogP contribution in [0.3, 0.4) is 0 Å². The van der Waals surface area contributed by atoms with Gasteiger partial charge in [-0.15, -0.1) is 0 Å². The Morgan fingerprint density at radius 1 is 1.41 bits per heavy atom. The van der Waals surface area contributed by atoms with Crippen molar-refractivity contribution in [1.82, 2.24) is 0 Å². The van der Waals surface area contributed by atoms with Crippen molar-refractivity contribution in [3.05, 3.63) is 22.8 Å². The molecule has 1 saturated carbocycles. The van der Waals surface area contributed by atoms with E-state index in [0.717, 1.165) is 12.0 Å². The minimum absolute atomic E-state index is 0.125. The first kappa shape index (κ1) is 11.5. The molecule has 2 bridgehead atoms. The fourth-order valence-corrected chi connectivity index (χ4v) is 4.18. The fraction of sp³-hybridized carbons (Fsp3) is 0.733. The van der Waals surface area contributed by atoms with Crippen molar-refractivity contribution in [2.75, 3.05) is 0 Å². The second-order valence-electron chi connectivity index (χ2n) is 6.33. The van der Waals surface area contributed by atoms with Crippen LogP contribution in [0.4, 0.5) is 0 Å². The van der Waals surface area contributed by atoms with Crippen molar-refractivity contribution in [2.45, 2.75) is 58.3 Å². The molecule has 0 aromatic rings. The van der Waals surface area contributed by atoms with E-state index in [-0.39, 0.29) is 5.60 Å². The molecule has 0 unspecified atom stereocenters. The molecule has 2 nitrogen and oxygen atoms in total. The van der Waals surface area contributed by atoms with Gasteiger partial charge in [0.15, 0.2) is 0 Å². The lowest BCUT2D eigenvalue weighted by atomic mass is 9.79. The molecule has 2 heterocycles. The maximum Gasteiger partial charge on any atom is 0.209 e. The number of aliphatic hydroxyl groups is 1. The van der Waals surface area contributed by atoms with Gasteiger partial charge < -0.3 is 9.84 Å². The first-order chi connectivity index (χ1) is 7.89. The monoisotopic (exact) mass is 234 g/mol. The quantitative estimate of drug-likeness (QED) is 0.652. The molecule has 0 radical (unpaired) electrons. The van der Waals surface area contributed by atoms with Gasteiger partial charge in [-0.3, -0.25) is 0 Å². The third-order valence-corrected chi connectivity index (χ3v) is 5.12. The highest BCUT2D eigenvalue weighted by Gasteiger charge is 2.62. The molecule has 0 aromatic carbocycles. The van der Waals surface area contributed by atoms with Crippen molar-refractivity contribution in [3.8, 4) is 0 Å². The molecule has 1 N–H and O–H groups in total. The van der Waals surface area contributed by atoms with Crippen LogP contribution in [0.5, 0.6) is 0 Å². The molecule has 2 fully saturated rings. The molecule has 94 valence electrons. The number of ether oxygens (including phenoxy) is 1. The van der Waals surface area contributed by atoms with Gasteiger partial charge in [0.25, 0.3) is 0 Å². The molecule has 1 spiro atoms. The van der Waals surface area contributed by atoms with Crippen LogP contribution in [-0.4, -0.2) is 16.5 Å². The highest BCUT2D eigenvalue weighted by molar-refractivity contribution is 5.40. The smallest absolute Gasteiger partial charge is 0.209 e. The van der Waals surface area contributed by atoms with Gasteiger partial charge in [0.05, 0.1) is 5.60 Å². The minimum Gasteiger partial charge on any atom is -0.359 e. The Labute approximate surface area is 103 Å². The summed E-state index contributed by atoms with van der Waals surface area (Å²) in [5, 5.41) is 10.7. The molecule has 3 rings (SSSR count). The topological polar surface area (TPSA) is 29.5 Å². The molecule has 17 heavy (non-hydrogen) atoms. The van der Waals surface area contributed by atoms with Crippen molar-refractivity contribution >= 4 is 0 Å². The Kier molecular flexibility index (Phi) is 2.19. The maximum atomic E-state index is 10.7. The zero-order chi connectivity index (χ0) is 12.4. The summed E-state index contributed by atoms with van der Waals surface area (Å²) in [5.74, 6) is -0.0629. The van der Waals surface area contributed by atoms with Crippen molar-refractivity contribution in [1.29, 1.82) is 0 Å². The third-order valence-electron chi connectivity index (χ3n) is 5.12. The SMILES string of the molecule is CC1=C[C@]2(O)O[C@@]3(CC2=C(C)C)[C@H](C)CC[C@@H]13. The van der Waals surface area contributed by atoms with Crippen LogP contribution in [0, 0.1) is 11.8 Å².